The maximum absolute atomic E-state index is 3.56. The Hall–Kier alpha value is -0.340. The van der Waals surface area contributed by atoms with E-state index < -0.39 is 0 Å². The van der Waals surface area contributed by atoms with Crippen LogP contribution in [-0.2, 0) is 6.42 Å². The topological polar surface area (TPSA) is 12.0 Å². The van der Waals surface area contributed by atoms with E-state index in [4.69, 9.17) is 0 Å². The molecule has 1 atom stereocenters. The summed E-state index contributed by atoms with van der Waals surface area (Å²) in [5, 5.41) is 5.76. The predicted octanol–water partition coefficient (Wildman–Crippen LogP) is 4.24. The van der Waals surface area contributed by atoms with Gasteiger partial charge in [-0.1, -0.05) is 38.2 Å². The Bertz CT molecular complexity index is 286. The van der Waals surface area contributed by atoms with Crippen molar-refractivity contribution in [2.75, 3.05) is 7.05 Å². The Morgan fingerprint density at radius 1 is 1.24 bits per heavy atom. The summed E-state index contributed by atoms with van der Waals surface area (Å²) in [6.45, 7) is 0. The molecule has 1 nitrogen and oxygen atoms in total. The van der Waals surface area contributed by atoms with Crippen LogP contribution in [0.5, 0.6) is 0 Å². The van der Waals surface area contributed by atoms with Crippen molar-refractivity contribution in [3.8, 4) is 0 Å². The first-order chi connectivity index (χ1) is 8.40. The zero-order valence-electron chi connectivity index (χ0n) is 11.0. The smallest absolute Gasteiger partial charge is 0.0141 e. The molecule has 1 unspecified atom stereocenters. The third-order valence-corrected chi connectivity index (χ3v) is 4.99. The third kappa shape index (κ3) is 4.11. The van der Waals surface area contributed by atoms with Gasteiger partial charge in [-0.15, -0.1) is 11.3 Å². The molecule has 1 N–H and O–H groups in total. The van der Waals surface area contributed by atoms with Crippen LogP contribution >= 0.6 is 11.3 Å². The van der Waals surface area contributed by atoms with Gasteiger partial charge in [0.15, 0.2) is 0 Å². The standard InChI is InChI=1S/C15H25NS/c1-16-15(12-14-10-7-11-17-14)13-8-5-3-2-4-6-9-13/h7,10-11,13,15-16H,2-6,8-9,12H2,1H3. The summed E-state index contributed by atoms with van der Waals surface area (Å²) in [4.78, 5) is 1.53. The van der Waals surface area contributed by atoms with Crippen molar-refractivity contribution in [2.45, 2.75) is 57.4 Å². The van der Waals surface area contributed by atoms with E-state index in [9.17, 15) is 0 Å². The van der Waals surface area contributed by atoms with Gasteiger partial charge in [0.2, 0.25) is 0 Å². The number of hydrogen-bond acceptors (Lipinski definition) is 2. The summed E-state index contributed by atoms with van der Waals surface area (Å²) < 4.78 is 0. The number of thiophene rings is 1. The second-order valence-corrected chi connectivity index (χ2v) is 6.32. The first kappa shape index (κ1) is 13.1. The Balaban J connectivity index is 1.90. The van der Waals surface area contributed by atoms with Gasteiger partial charge in [-0.2, -0.15) is 0 Å². The van der Waals surface area contributed by atoms with E-state index in [2.05, 4.69) is 29.9 Å². The molecule has 0 bridgehead atoms. The maximum Gasteiger partial charge on any atom is 0.0141 e. The second kappa shape index (κ2) is 7.17. The molecule has 1 aliphatic rings. The first-order valence-corrected chi connectivity index (χ1v) is 7.98. The number of hydrogen-bond donors (Lipinski definition) is 1. The molecule has 17 heavy (non-hydrogen) atoms. The fraction of sp³-hybridized carbons (Fsp3) is 0.733. The molecule has 1 aliphatic carbocycles. The Labute approximate surface area is 110 Å². The Morgan fingerprint density at radius 2 is 1.94 bits per heavy atom. The average molecular weight is 251 g/mol. The number of nitrogens with one attached hydrogen (secondary N) is 1. The zero-order valence-corrected chi connectivity index (χ0v) is 11.8. The molecule has 1 heterocycles. The molecule has 1 aromatic rings. The Kier molecular flexibility index (Phi) is 5.53. The lowest BCUT2D eigenvalue weighted by Crippen LogP contribution is -2.35. The van der Waals surface area contributed by atoms with Crippen LogP contribution in [0, 0.1) is 5.92 Å². The largest absolute Gasteiger partial charge is 0.316 e. The van der Waals surface area contributed by atoms with Crippen LogP contribution in [0.25, 0.3) is 0 Å². The molecule has 0 radical (unpaired) electrons. The molecule has 0 aromatic carbocycles. The van der Waals surface area contributed by atoms with Crippen LogP contribution in [-0.4, -0.2) is 13.1 Å². The van der Waals surface area contributed by atoms with Gasteiger partial charge in [-0.25, -0.2) is 0 Å². The molecule has 2 heteroatoms. The van der Waals surface area contributed by atoms with Gasteiger partial charge in [0.25, 0.3) is 0 Å². The summed E-state index contributed by atoms with van der Waals surface area (Å²) >= 11 is 1.90. The van der Waals surface area contributed by atoms with E-state index in [0.717, 1.165) is 5.92 Å². The highest BCUT2D eigenvalue weighted by atomic mass is 32.1. The van der Waals surface area contributed by atoms with Gasteiger partial charge >= 0.3 is 0 Å². The molecule has 0 saturated heterocycles. The van der Waals surface area contributed by atoms with E-state index in [1.54, 1.807) is 0 Å². The van der Waals surface area contributed by atoms with Gasteiger partial charge in [0.1, 0.15) is 0 Å². The van der Waals surface area contributed by atoms with Crippen LogP contribution in [0.15, 0.2) is 17.5 Å². The van der Waals surface area contributed by atoms with Crippen LogP contribution in [0.4, 0.5) is 0 Å². The van der Waals surface area contributed by atoms with Gasteiger partial charge in [-0.3, -0.25) is 0 Å². The minimum atomic E-state index is 0.687. The molecule has 2 rings (SSSR count). The van der Waals surface area contributed by atoms with Gasteiger partial charge in [0.05, 0.1) is 0 Å². The van der Waals surface area contributed by atoms with Crippen LogP contribution < -0.4 is 5.32 Å². The molecule has 96 valence electrons. The number of likely N-dealkylation sites (N-methyl/N-ethyl adjacent to an activating group) is 1. The van der Waals surface area contributed by atoms with Gasteiger partial charge in [0, 0.05) is 10.9 Å². The van der Waals surface area contributed by atoms with Crippen LogP contribution in [0.3, 0.4) is 0 Å². The maximum atomic E-state index is 3.56. The van der Waals surface area contributed by atoms with Crippen molar-refractivity contribution in [3.63, 3.8) is 0 Å². The fourth-order valence-electron chi connectivity index (χ4n) is 3.04. The highest BCUT2D eigenvalue weighted by Gasteiger charge is 2.21. The molecular formula is C15H25NS. The SMILES string of the molecule is CNC(Cc1cccs1)C1CCCCCCC1. The Morgan fingerprint density at radius 3 is 2.53 bits per heavy atom. The lowest BCUT2D eigenvalue weighted by Gasteiger charge is -2.28. The molecule has 0 spiro atoms. The summed E-state index contributed by atoms with van der Waals surface area (Å²) in [7, 11) is 2.14. The molecule has 1 aromatic heterocycles. The predicted molar refractivity (Wildman–Crippen MR) is 76.7 cm³/mol. The van der Waals surface area contributed by atoms with E-state index in [0.29, 0.717) is 6.04 Å². The second-order valence-electron chi connectivity index (χ2n) is 5.28. The minimum Gasteiger partial charge on any atom is -0.316 e. The summed E-state index contributed by atoms with van der Waals surface area (Å²) in [6, 6.07) is 5.13. The van der Waals surface area contributed by atoms with Crippen molar-refractivity contribution in [1.29, 1.82) is 0 Å². The first-order valence-electron chi connectivity index (χ1n) is 7.10. The van der Waals surface area contributed by atoms with E-state index >= 15 is 0 Å². The lowest BCUT2D eigenvalue weighted by atomic mass is 9.84. The molecular weight excluding hydrogens is 226 g/mol. The van der Waals surface area contributed by atoms with E-state index in [-0.39, 0.29) is 0 Å². The summed E-state index contributed by atoms with van der Waals surface area (Å²) in [5.41, 5.74) is 0. The van der Waals surface area contributed by atoms with Crippen LogP contribution in [0.2, 0.25) is 0 Å². The highest BCUT2D eigenvalue weighted by molar-refractivity contribution is 7.09. The van der Waals surface area contributed by atoms with Crippen molar-refractivity contribution >= 4 is 11.3 Å². The van der Waals surface area contributed by atoms with Crippen molar-refractivity contribution in [2.24, 2.45) is 5.92 Å². The molecule has 0 amide bonds. The highest BCUT2D eigenvalue weighted by Crippen LogP contribution is 2.27. The zero-order chi connectivity index (χ0) is 11.9. The quantitative estimate of drug-likeness (QED) is 0.844. The third-order valence-electron chi connectivity index (χ3n) is 4.09. The van der Waals surface area contributed by atoms with Gasteiger partial charge < -0.3 is 5.32 Å². The summed E-state index contributed by atoms with van der Waals surface area (Å²) in [5.74, 6) is 0.891. The molecule has 1 saturated carbocycles. The minimum absolute atomic E-state index is 0.687. The van der Waals surface area contributed by atoms with E-state index in [1.807, 2.05) is 11.3 Å². The van der Waals surface area contributed by atoms with Crippen molar-refractivity contribution in [1.82, 2.24) is 5.32 Å². The van der Waals surface area contributed by atoms with Crippen molar-refractivity contribution < 1.29 is 0 Å². The summed E-state index contributed by atoms with van der Waals surface area (Å²) in [6.07, 6.45) is 11.3. The lowest BCUT2D eigenvalue weighted by molar-refractivity contribution is 0.294. The monoisotopic (exact) mass is 251 g/mol. The van der Waals surface area contributed by atoms with Crippen molar-refractivity contribution in [3.05, 3.63) is 22.4 Å². The van der Waals surface area contributed by atoms with E-state index in [1.165, 1.54) is 56.2 Å². The fourth-order valence-corrected chi connectivity index (χ4v) is 3.80. The normalized spacial score (nSPS) is 20.8. The van der Waals surface area contributed by atoms with Gasteiger partial charge in [-0.05, 0) is 43.7 Å². The number of rotatable bonds is 4. The van der Waals surface area contributed by atoms with Crippen LogP contribution in [0.1, 0.15) is 49.8 Å². The average Bonchev–Trinajstić information content (AvgIpc) is 2.79. The molecule has 0 aliphatic heterocycles. The molecule has 1 fully saturated rings.